The zero-order valence-electron chi connectivity index (χ0n) is 23.5. The third kappa shape index (κ3) is 6.52. The number of alkyl halides is 3. The van der Waals surface area contributed by atoms with Crippen molar-refractivity contribution in [2.45, 2.75) is 12.7 Å². The summed E-state index contributed by atoms with van der Waals surface area (Å²) in [5.41, 5.74) is 10.4. The summed E-state index contributed by atoms with van der Waals surface area (Å²) < 4.78 is 31.7. The van der Waals surface area contributed by atoms with Gasteiger partial charge in [0.2, 0.25) is 0 Å². The van der Waals surface area contributed by atoms with Crippen molar-refractivity contribution in [3.8, 4) is 33.6 Å². The maximum absolute atomic E-state index is 10.6. The van der Waals surface area contributed by atoms with E-state index in [0.29, 0.717) is 0 Å². The van der Waals surface area contributed by atoms with E-state index >= 15 is 0 Å². The molecule has 0 saturated heterocycles. The lowest BCUT2D eigenvalue weighted by Gasteiger charge is -2.14. The van der Waals surface area contributed by atoms with Gasteiger partial charge in [0.15, 0.2) is 0 Å². The molecule has 0 saturated carbocycles. The monoisotopic (exact) mass is 606 g/mol. The van der Waals surface area contributed by atoms with E-state index in [0.717, 1.165) is 62.3 Å². The van der Waals surface area contributed by atoms with Crippen molar-refractivity contribution in [3.63, 3.8) is 0 Å². The number of aromatic nitrogens is 5. The van der Waals surface area contributed by atoms with Gasteiger partial charge in [-0.3, -0.25) is 10.1 Å². The number of halogens is 3. The minimum Gasteiger partial charge on any atom is -0.475 e. The number of rotatable bonds is 6. The first-order valence-corrected chi connectivity index (χ1v) is 13.8. The molecule has 0 aliphatic heterocycles. The number of hydrogen-bond donors (Lipinski definition) is 4. The quantitative estimate of drug-likeness (QED) is 0.152. The molecule has 0 atom stereocenters. The maximum Gasteiger partial charge on any atom is 0.490 e. The van der Waals surface area contributed by atoms with Gasteiger partial charge in [0.05, 0.1) is 23.1 Å². The number of aliphatic carboxylic acids is 1. The van der Waals surface area contributed by atoms with Gasteiger partial charge in [-0.1, -0.05) is 54.6 Å². The van der Waals surface area contributed by atoms with Gasteiger partial charge in [-0.15, -0.1) is 0 Å². The van der Waals surface area contributed by atoms with Gasteiger partial charge in [-0.2, -0.15) is 18.3 Å². The van der Waals surface area contributed by atoms with E-state index in [1.807, 2.05) is 30.7 Å². The number of H-pyrrole nitrogens is 2. The average Bonchev–Trinajstić information content (AvgIpc) is 3.76. The van der Waals surface area contributed by atoms with Crippen molar-refractivity contribution in [1.82, 2.24) is 25.1 Å². The van der Waals surface area contributed by atoms with Gasteiger partial charge in [0, 0.05) is 63.8 Å². The second-order valence-electron chi connectivity index (χ2n) is 10.1. The highest BCUT2D eigenvalue weighted by Crippen LogP contribution is 2.36. The van der Waals surface area contributed by atoms with E-state index in [2.05, 4.69) is 104 Å². The Kier molecular flexibility index (Phi) is 7.98. The minimum absolute atomic E-state index is 0.743. The molecule has 0 aliphatic rings. The summed E-state index contributed by atoms with van der Waals surface area (Å²) in [7, 11) is 0. The second kappa shape index (κ2) is 12.3. The normalized spacial score (nSPS) is 11.3. The zero-order valence-corrected chi connectivity index (χ0v) is 23.5. The molecule has 0 spiro atoms. The Hall–Kier alpha value is -5.97. The van der Waals surface area contributed by atoms with Crippen molar-refractivity contribution < 1.29 is 23.1 Å². The van der Waals surface area contributed by atoms with Crippen molar-refractivity contribution in [1.29, 1.82) is 0 Å². The lowest BCUT2D eigenvalue weighted by molar-refractivity contribution is -0.192. The third-order valence-corrected chi connectivity index (χ3v) is 7.12. The molecule has 45 heavy (non-hydrogen) atoms. The number of carboxylic acids is 1. The van der Waals surface area contributed by atoms with Crippen LogP contribution in [0.3, 0.4) is 0 Å². The molecule has 0 aliphatic carbocycles. The molecule has 0 bridgehead atoms. The Morgan fingerprint density at radius 2 is 1.64 bits per heavy atom. The maximum atomic E-state index is 10.6. The lowest BCUT2D eigenvalue weighted by atomic mass is 9.96. The molecule has 4 N–H and O–H groups in total. The number of anilines is 1. The molecule has 7 rings (SSSR count). The third-order valence-electron chi connectivity index (χ3n) is 7.12. The first kappa shape index (κ1) is 29.1. The fourth-order valence-electron chi connectivity index (χ4n) is 4.91. The highest BCUT2D eigenvalue weighted by atomic mass is 19.4. The molecule has 4 aromatic heterocycles. The molecule has 0 radical (unpaired) electrons. The van der Waals surface area contributed by atoms with Crippen LogP contribution in [0.15, 0.2) is 116 Å². The topological polar surface area (TPSA) is 120 Å². The van der Waals surface area contributed by atoms with Crippen LogP contribution in [-0.2, 0) is 11.3 Å². The van der Waals surface area contributed by atoms with Crippen LogP contribution >= 0.6 is 0 Å². The van der Waals surface area contributed by atoms with E-state index in [1.165, 1.54) is 10.9 Å². The van der Waals surface area contributed by atoms with Gasteiger partial charge in [-0.25, -0.2) is 9.78 Å². The first-order valence-electron chi connectivity index (χ1n) is 13.8. The van der Waals surface area contributed by atoms with Crippen molar-refractivity contribution in [3.05, 3.63) is 121 Å². The molecule has 8 nitrogen and oxygen atoms in total. The summed E-state index contributed by atoms with van der Waals surface area (Å²) in [6.07, 6.45) is 2.34. The number of carbonyl (C=O) groups is 1. The summed E-state index contributed by atoms with van der Waals surface area (Å²) in [6, 6.07) is 31.7. The van der Waals surface area contributed by atoms with Crippen LogP contribution in [0.1, 0.15) is 5.56 Å². The van der Waals surface area contributed by atoms with Crippen LogP contribution in [0.25, 0.3) is 55.4 Å². The molecule has 4 heterocycles. The van der Waals surface area contributed by atoms with E-state index < -0.39 is 12.1 Å². The first-order chi connectivity index (χ1) is 21.8. The van der Waals surface area contributed by atoms with Crippen LogP contribution < -0.4 is 5.32 Å². The Balaban J connectivity index is 0.000000460. The molecule has 7 aromatic rings. The molecule has 0 amide bonds. The molecule has 0 unspecified atom stereocenters. The highest BCUT2D eigenvalue weighted by molar-refractivity contribution is 5.98. The molecule has 11 heteroatoms. The van der Waals surface area contributed by atoms with Crippen LogP contribution in [0, 0.1) is 0 Å². The van der Waals surface area contributed by atoms with Crippen LogP contribution in [0.4, 0.5) is 18.9 Å². The van der Waals surface area contributed by atoms with Gasteiger partial charge >= 0.3 is 12.1 Å². The van der Waals surface area contributed by atoms with Crippen molar-refractivity contribution >= 4 is 33.5 Å². The van der Waals surface area contributed by atoms with E-state index in [1.54, 1.807) is 6.20 Å². The second-order valence-corrected chi connectivity index (χ2v) is 10.1. The van der Waals surface area contributed by atoms with Crippen LogP contribution in [0.2, 0.25) is 0 Å². The number of benzene rings is 3. The van der Waals surface area contributed by atoms with Crippen LogP contribution in [0.5, 0.6) is 0 Å². The van der Waals surface area contributed by atoms with Gasteiger partial charge in [-0.05, 0) is 47.5 Å². The molecule has 0 fully saturated rings. The fraction of sp³-hybridized carbons (Fsp3) is 0.0588. The number of pyridine rings is 2. The molecular weight excluding hydrogens is 581 g/mol. The van der Waals surface area contributed by atoms with Gasteiger partial charge in [0.25, 0.3) is 0 Å². The van der Waals surface area contributed by atoms with E-state index in [4.69, 9.17) is 14.9 Å². The van der Waals surface area contributed by atoms with Gasteiger partial charge in [0.1, 0.15) is 0 Å². The Bertz CT molecular complexity index is 2070. The average molecular weight is 607 g/mol. The van der Waals surface area contributed by atoms with E-state index in [9.17, 15) is 13.2 Å². The number of aromatic amines is 2. The lowest BCUT2D eigenvalue weighted by Crippen LogP contribution is -2.21. The summed E-state index contributed by atoms with van der Waals surface area (Å²) >= 11 is 0. The number of carboxylic acid groups (broad SMARTS) is 1. The number of nitrogens with one attached hydrogen (secondary N) is 3. The summed E-state index contributed by atoms with van der Waals surface area (Å²) in [5.74, 6) is -2.76. The smallest absolute Gasteiger partial charge is 0.475 e. The fourth-order valence-corrected chi connectivity index (χ4v) is 4.91. The molecule has 3 aromatic carbocycles. The van der Waals surface area contributed by atoms with Gasteiger partial charge < -0.3 is 15.4 Å². The largest absolute Gasteiger partial charge is 0.490 e. The predicted octanol–water partition coefficient (Wildman–Crippen LogP) is 8.08. The number of fused-ring (bicyclic) bond motifs is 2. The Labute approximate surface area is 254 Å². The van der Waals surface area contributed by atoms with Crippen molar-refractivity contribution in [2.24, 2.45) is 0 Å². The predicted molar refractivity (Wildman–Crippen MR) is 167 cm³/mol. The Morgan fingerprint density at radius 3 is 2.36 bits per heavy atom. The highest BCUT2D eigenvalue weighted by Gasteiger charge is 2.38. The van der Waals surface area contributed by atoms with Crippen LogP contribution in [-0.4, -0.2) is 42.4 Å². The number of hydrogen-bond acceptors (Lipinski definition) is 5. The van der Waals surface area contributed by atoms with Crippen molar-refractivity contribution in [2.75, 3.05) is 5.32 Å². The summed E-state index contributed by atoms with van der Waals surface area (Å²) in [6.45, 7) is 0.743. The summed E-state index contributed by atoms with van der Waals surface area (Å²) in [5, 5.41) is 19.9. The standard InChI is InChI=1S/C32H24N6.C2HF3O2/c1-2-4-22(5-3-1)27-17-28-30(13-15-34-31(28)25-19-36-37-20-25)38-32(27)23-8-6-21(7-9-23)18-35-26-10-11-29-24(16-26)12-14-33-29;3-2(4,5)1(6)7/h1-17,19-20,33,35H,18H2,(H,36,37);(H,6,7). The van der Waals surface area contributed by atoms with E-state index in [-0.39, 0.29) is 0 Å². The zero-order chi connectivity index (χ0) is 31.4. The molecule has 224 valence electrons. The summed E-state index contributed by atoms with van der Waals surface area (Å²) in [4.78, 5) is 21.9. The number of nitrogens with zero attached hydrogens (tertiary/aromatic N) is 3. The SMILES string of the molecule is O=C(O)C(F)(F)F.c1ccc(-c2cc3c(-c4cn[nH]c4)nccc3nc2-c2ccc(CNc3ccc4[nH]ccc4c3)cc2)cc1. The minimum atomic E-state index is -5.08. The molecular formula is C34H25F3N6O2. The Morgan fingerprint density at radius 1 is 0.867 bits per heavy atom.